The summed E-state index contributed by atoms with van der Waals surface area (Å²) in [6, 6.07) is 9.57. The molecule has 108 valence electrons. The zero-order valence-corrected chi connectivity index (χ0v) is 11.7. The van der Waals surface area contributed by atoms with Crippen LogP contribution in [0.4, 0.5) is 5.69 Å². The van der Waals surface area contributed by atoms with Gasteiger partial charge in [0.25, 0.3) is 0 Å². The van der Waals surface area contributed by atoms with Gasteiger partial charge in [-0.1, -0.05) is 18.2 Å². The number of para-hydroxylation sites is 1. The topological polar surface area (TPSA) is 87.0 Å². The number of rotatable bonds is 6. The SMILES string of the molecule is COCCNC(=O)CNc1c(C#N)cnc2ccccc12. The van der Waals surface area contributed by atoms with Crippen molar-refractivity contribution in [3.8, 4) is 6.07 Å². The van der Waals surface area contributed by atoms with Crippen molar-refractivity contribution < 1.29 is 9.53 Å². The van der Waals surface area contributed by atoms with Crippen LogP contribution in [-0.2, 0) is 9.53 Å². The number of nitrogens with one attached hydrogen (secondary N) is 2. The molecule has 0 aliphatic carbocycles. The van der Waals surface area contributed by atoms with Gasteiger partial charge in [0.1, 0.15) is 6.07 Å². The maximum atomic E-state index is 11.7. The first-order valence-electron chi connectivity index (χ1n) is 6.53. The van der Waals surface area contributed by atoms with E-state index in [0.717, 1.165) is 10.9 Å². The summed E-state index contributed by atoms with van der Waals surface area (Å²) >= 11 is 0. The van der Waals surface area contributed by atoms with Crippen molar-refractivity contribution in [1.29, 1.82) is 5.26 Å². The quantitative estimate of drug-likeness (QED) is 0.780. The van der Waals surface area contributed by atoms with Crippen LogP contribution in [0.5, 0.6) is 0 Å². The lowest BCUT2D eigenvalue weighted by Gasteiger charge is -2.11. The minimum Gasteiger partial charge on any atom is -0.383 e. The number of carbonyl (C=O) groups excluding carboxylic acids is 1. The molecule has 2 rings (SSSR count). The Morgan fingerprint density at radius 2 is 2.24 bits per heavy atom. The van der Waals surface area contributed by atoms with Crippen LogP contribution in [0.1, 0.15) is 5.56 Å². The first-order chi connectivity index (χ1) is 10.3. The molecule has 1 amide bonds. The molecule has 21 heavy (non-hydrogen) atoms. The number of nitriles is 1. The largest absolute Gasteiger partial charge is 0.383 e. The lowest BCUT2D eigenvalue weighted by molar-refractivity contribution is -0.119. The molecule has 0 saturated carbocycles. The van der Waals surface area contributed by atoms with E-state index in [1.807, 2.05) is 24.3 Å². The van der Waals surface area contributed by atoms with Crippen molar-refractivity contribution in [3.05, 3.63) is 36.0 Å². The van der Waals surface area contributed by atoms with Gasteiger partial charge in [-0.2, -0.15) is 5.26 Å². The van der Waals surface area contributed by atoms with E-state index >= 15 is 0 Å². The van der Waals surface area contributed by atoms with E-state index in [1.54, 1.807) is 7.11 Å². The Morgan fingerprint density at radius 1 is 1.43 bits per heavy atom. The number of aromatic nitrogens is 1. The van der Waals surface area contributed by atoms with E-state index in [4.69, 9.17) is 10.00 Å². The number of pyridine rings is 1. The van der Waals surface area contributed by atoms with Crippen molar-refractivity contribution in [2.24, 2.45) is 0 Å². The molecule has 6 nitrogen and oxygen atoms in total. The van der Waals surface area contributed by atoms with Crippen LogP contribution in [0.2, 0.25) is 0 Å². The minimum atomic E-state index is -0.156. The molecule has 0 unspecified atom stereocenters. The summed E-state index contributed by atoms with van der Waals surface area (Å²) in [7, 11) is 1.58. The Kier molecular flexibility index (Phi) is 5.07. The van der Waals surface area contributed by atoms with Crippen LogP contribution < -0.4 is 10.6 Å². The molecule has 0 saturated heterocycles. The molecule has 0 bridgehead atoms. The van der Waals surface area contributed by atoms with E-state index in [1.165, 1.54) is 6.20 Å². The van der Waals surface area contributed by atoms with Gasteiger partial charge in [0.15, 0.2) is 0 Å². The zero-order valence-electron chi connectivity index (χ0n) is 11.7. The normalized spacial score (nSPS) is 10.1. The third-order valence-electron chi connectivity index (χ3n) is 2.95. The van der Waals surface area contributed by atoms with Gasteiger partial charge in [-0.3, -0.25) is 9.78 Å². The fraction of sp³-hybridized carbons (Fsp3) is 0.267. The summed E-state index contributed by atoms with van der Waals surface area (Å²) in [5, 5.41) is 15.7. The van der Waals surface area contributed by atoms with Gasteiger partial charge in [-0.05, 0) is 6.07 Å². The number of nitrogens with zero attached hydrogens (tertiary/aromatic N) is 2. The predicted octanol–water partition coefficient (Wildman–Crippen LogP) is 1.28. The highest BCUT2D eigenvalue weighted by Crippen LogP contribution is 2.24. The molecule has 1 heterocycles. The van der Waals surface area contributed by atoms with E-state index in [9.17, 15) is 4.79 Å². The number of hydrogen-bond donors (Lipinski definition) is 2. The second kappa shape index (κ2) is 7.22. The van der Waals surface area contributed by atoms with Gasteiger partial charge < -0.3 is 15.4 Å². The third kappa shape index (κ3) is 3.68. The average molecular weight is 284 g/mol. The maximum Gasteiger partial charge on any atom is 0.239 e. The molecular formula is C15H16N4O2. The fourth-order valence-electron chi connectivity index (χ4n) is 1.94. The Hall–Kier alpha value is -2.65. The molecule has 1 aromatic carbocycles. The number of hydrogen-bond acceptors (Lipinski definition) is 5. The van der Waals surface area contributed by atoms with Crippen molar-refractivity contribution in [1.82, 2.24) is 10.3 Å². The number of amides is 1. The maximum absolute atomic E-state index is 11.7. The smallest absolute Gasteiger partial charge is 0.239 e. The highest BCUT2D eigenvalue weighted by molar-refractivity contribution is 5.95. The molecule has 0 fully saturated rings. The van der Waals surface area contributed by atoms with E-state index in [2.05, 4.69) is 21.7 Å². The molecule has 0 aliphatic heterocycles. The Morgan fingerprint density at radius 3 is 3.00 bits per heavy atom. The standard InChI is InChI=1S/C15H16N4O2/c1-21-7-6-17-14(20)10-19-15-11(8-16)9-18-13-5-3-2-4-12(13)15/h2-5,9H,6-7,10H2,1H3,(H,17,20)(H,18,19). The van der Waals surface area contributed by atoms with Crippen LogP contribution in [0, 0.1) is 11.3 Å². The van der Waals surface area contributed by atoms with E-state index < -0.39 is 0 Å². The molecule has 6 heteroatoms. The highest BCUT2D eigenvalue weighted by Gasteiger charge is 2.09. The minimum absolute atomic E-state index is 0.0897. The number of methoxy groups -OCH3 is 1. The predicted molar refractivity (Wildman–Crippen MR) is 79.8 cm³/mol. The van der Waals surface area contributed by atoms with Gasteiger partial charge in [-0.15, -0.1) is 0 Å². The van der Waals surface area contributed by atoms with Gasteiger partial charge in [-0.25, -0.2) is 0 Å². The van der Waals surface area contributed by atoms with Crippen LogP contribution >= 0.6 is 0 Å². The lowest BCUT2D eigenvalue weighted by atomic mass is 10.1. The van der Waals surface area contributed by atoms with E-state index in [-0.39, 0.29) is 12.5 Å². The second-order valence-corrected chi connectivity index (χ2v) is 4.37. The van der Waals surface area contributed by atoms with Gasteiger partial charge >= 0.3 is 0 Å². The fourth-order valence-corrected chi connectivity index (χ4v) is 1.94. The van der Waals surface area contributed by atoms with Crippen LogP contribution in [0.15, 0.2) is 30.5 Å². The Bertz CT molecular complexity index is 679. The summed E-state index contributed by atoms with van der Waals surface area (Å²) in [5.74, 6) is -0.156. The number of ether oxygens (including phenoxy) is 1. The van der Waals surface area contributed by atoms with Crippen molar-refractivity contribution in [2.45, 2.75) is 0 Å². The van der Waals surface area contributed by atoms with Gasteiger partial charge in [0.2, 0.25) is 5.91 Å². The molecule has 2 N–H and O–H groups in total. The summed E-state index contributed by atoms with van der Waals surface area (Å²) in [5.41, 5.74) is 1.82. The monoisotopic (exact) mass is 284 g/mol. The van der Waals surface area contributed by atoms with Crippen molar-refractivity contribution >= 4 is 22.5 Å². The first-order valence-corrected chi connectivity index (χ1v) is 6.53. The third-order valence-corrected chi connectivity index (χ3v) is 2.95. The van der Waals surface area contributed by atoms with Crippen LogP contribution in [-0.4, -0.2) is 37.7 Å². The Labute approximate surface area is 122 Å². The average Bonchev–Trinajstić information content (AvgIpc) is 2.52. The van der Waals surface area contributed by atoms with Crippen LogP contribution in [0.3, 0.4) is 0 Å². The molecule has 0 radical (unpaired) electrons. The van der Waals surface area contributed by atoms with Crippen molar-refractivity contribution in [3.63, 3.8) is 0 Å². The molecular weight excluding hydrogens is 268 g/mol. The first kappa shape index (κ1) is 14.8. The summed E-state index contributed by atoms with van der Waals surface area (Å²) < 4.78 is 4.86. The molecule has 0 spiro atoms. The van der Waals surface area contributed by atoms with Gasteiger partial charge in [0.05, 0.1) is 29.9 Å². The summed E-state index contributed by atoms with van der Waals surface area (Å²) in [4.78, 5) is 15.9. The zero-order chi connectivity index (χ0) is 15.1. The number of carbonyl (C=O) groups is 1. The number of anilines is 1. The molecule has 1 aromatic heterocycles. The van der Waals surface area contributed by atoms with Crippen molar-refractivity contribution in [2.75, 3.05) is 32.1 Å². The second-order valence-electron chi connectivity index (χ2n) is 4.37. The lowest BCUT2D eigenvalue weighted by Crippen LogP contribution is -2.32. The molecule has 0 aliphatic rings. The molecule has 0 atom stereocenters. The molecule has 2 aromatic rings. The Balaban J connectivity index is 2.14. The number of benzene rings is 1. The van der Waals surface area contributed by atoms with Gasteiger partial charge in [0, 0.05) is 25.2 Å². The van der Waals surface area contributed by atoms with Crippen LogP contribution in [0.25, 0.3) is 10.9 Å². The number of fused-ring (bicyclic) bond motifs is 1. The highest BCUT2D eigenvalue weighted by atomic mass is 16.5. The van der Waals surface area contributed by atoms with E-state index in [0.29, 0.717) is 24.4 Å². The summed E-state index contributed by atoms with van der Waals surface area (Å²) in [6.45, 7) is 1.01. The summed E-state index contributed by atoms with van der Waals surface area (Å²) in [6.07, 6.45) is 1.51.